The van der Waals surface area contributed by atoms with Crippen LogP contribution >= 0.6 is 0 Å². The van der Waals surface area contributed by atoms with Gasteiger partial charge < -0.3 is 20.3 Å². The number of nitrogens with zero attached hydrogens (tertiary/aromatic N) is 1. The van der Waals surface area contributed by atoms with Gasteiger partial charge in [0.1, 0.15) is 0 Å². The van der Waals surface area contributed by atoms with Gasteiger partial charge in [-0.2, -0.15) is 0 Å². The van der Waals surface area contributed by atoms with E-state index in [1.54, 1.807) is 7.11 Å². The number of benzene rings is 1. The van der Waals surface area contributed by atoms with E-state index in [4.69, 9.17) is 15.2 Å². The van der Waals surface area contributed by atoms with Crippen molar-refractivity contribution >= 4 is 0 Å². The van der Waals surface area contributed by atoms with Crippen LogP contribution in [0.2, 0.25) is 0 Å². The third kappa shape index (κ3) is 3.59. The van der Waals surface area contributed by atoms with Gasteiger partial charge >= 0.3 is 0 Å². The SMILES string of the molecule is COc1cc(CN2CCOCC2)cc(CCN)c1O. The zero-order valence-electron chi connectivity index (χ0n) is 11.4. The lowest BCUT2D eigenvalue weighted by molar-refractivity contribution is 0.0341. The van der Waals surface area contributed by atoms with Gasteiger partial charge in [-0.05, 0) is 30.2 Å². The van der Waals surface area contributed by atoms with Crippen molar-refractivity contribution in [2.24, 2.45) is 5.73 Å². The molecular formula is C14H22N2O3. The summed E-state index contributed by atoms with van der Waals surface area (Å²) in [4.78, 5) is 2.33. The van der Waals surface area contributed by atoms with Crippen LogP contribution in [0.4, 0.5) is 0 Å². The molecule has 1 aromatic carbocycles. The Morgan fingerprint density at radius 3 is 2.74 bits per heavy atom. The smallest absolute Gasteiger partial charge is 0.161 e. The number of ether oxygens (including phenoxy) is 2. The minimum absolute atomic E-state index is 0.207. The molecular weight excluding hydrogens is 244 g/mol. The van der Waals surface area contributed by atoms with Crippen LogP contribution in [0, 0.1) is 0 Å². The van der Waals surface area contributed by atoms with Crippen molar-refractivity contribution in [3.8, 4) is 11.5 Å². The zero-order chi connectivity index (χ0) is 13.7. The predicted molar refractivity (Wildman–Crippen MR) is 73.5 cm³/mol. The van der Waals surface area contributed by atoms with Crippen LogP contribution < -0.4 is 10.5 Å². The Balaban J connectivity index is 2.16. The minimum atomic E-state index is 0.207. The quantitative estimate of drug-likeness (QED) is 0.822. The molecule has 1 aliphatic rings. The number of morpholine rings is 1. The second kappa shape index (κ2) is 6.75. The van der Waals surface area contributed by atoms with Crippen molar-refractivity contribution in [2.45, 2.75) is 13.0 Å². The average molecular weight is 266 g/mol. The fourth-order valence-corrected chi connectivity index (χ4v) is 2.34. The zero-order valence-corrected chi connectivity index (χ0v) is 11.4. The molecule has 0 aliphatic carbocycles. The number of hydrogen-bond acceptors (Lipinski definition) is 5. The number of phenolic OH excluding ortho intramolecular Hbond substituents is 1. The number of hydrogen-bond donors (Lipinski definition) is 2. The molecule has 1 heterocycles. The predicted octanol–water partition coefficient (Wildman–Crippen LogP) is 0.734. The van der Waals surface area contributed by atoms with Crippen LogP contribution in [0.1, 0.15) is 11.1 Å². The molecule has 1 aromatic rings. The normalized spacial score (nSPS) is 16.5. The van der Waals surface area contributed by atoms with E-state index in [1.165, 1.54) is 0 Å². The summed E-state index contributed by atoms with van der Waals surface area (Å²) in [5.41, 5.74) is 7.57. The van der Waals surface area contributed by atoms with Crippen LogP contribution in [0.5, 0.6) is 11.5 Å². The van der Waals surface area contributed by atoms with Crippen molar-refractivity contribution in [3.63, 3.8) is 0 Å². The number of rotatable bonds is 5. The Hall–Kier alpha value is -1.30. The fraction of sp³-hybridized carbons (Fsp3) is 0.571. The standard InChI is InChI=1S/C14H22N2O3/c1-18-13-9-11(8-12(2-3-15)14(13)17)10-16-4-6-19-7-5-16/h8-9,17H,2-7,10,15H2,1H3. The summed E-state index contributed by atoms with van der Waals surface area (Å²) in [6, 6.07) is 3.91. The van der Waals surface area contributed by atoms with Gasteiger partial charge in [-0.15, -0.1) is 0 Å². The topological polar surface area (TPSA) is 68.0 Å². The Morgan fingerprint density at radius 2 is 2.11 bits per heavy atom. The van der Waals surface area contributed by atoms with Crippen LogP contribution in [0.15, 0.2) is 12.1 Å². The van der Waals surface area contributed by atoms with E-state index >= 15 is 0 Å². The van der Waals surface area contributed by atoms with Gasteiger partial charge in [0.15, 0.2) is 11.5 Å². The molecule has 3 N–H and O–H groups in total. The maximum absolute atomic E-state index is 10.0. The molecule has 2 rings (SSSR count). The van der Waals surface area contributed by atoms with Gasteiger partial charge in [-0.1, -0.05) is 6.07 Å². The van der Waals surface area contributed by atoms with E-state index in [-0.39, 0.29) is 5.75 Å². The van der Waals surface area contributed by atoms with Gasteiger partial charge in [0.2, 0.25) is 0 Å². The summed E-state index contributed by atoms with van der Waals surface area (Å²) in [6.45, 7) is 4.80. The first-order chi connectivity index (χ1) is 9.24. The largest absolute Gasteiger partial charge is 0.504 e. The van der Waals surface area contributed by atoms with Crippen molar-refractivity contribution in [2.75, 3.05) is 40.0 Å². The Kier molecular flexibility index (Phi) is 5.01. The fourth-order valence-electron chi connectivity index (χ4n) is 2.34. The number of nitrogens with two attached hydrogens (primary N) is 1. The third-order valence-corrected chi connectivity index (χ3v) is 3.36. The summed E-state index contributed by atoms with van der Waals surface area (Å²) < 4.78 is 10.6. The maximum Gasteiger partial charge on any atom is 0.161 e. The highest BCUT2D eigenvalue weighted by Gasteiger charge is 2.14. The molecule has 5 heteroatoms. The highest BCUT2D eigenvalue weighted by atomic mass is 16.5. The summed E-state index contributed by atoms with van der Waals surface area (Å²) in [6.07, 6.45) is 0.652. The van der Waals surface area contributed by atoms with E-state index in [9.17, 15) is 5.11 Å². The molecule has 0 bridgehead atoms. The van der Waals surface area contributed by atoms with Gasteiger partial charge in [0.05, 0.1) is 20.3 Å². The van der Waals surface area contributed by atoms with Crippen LogP contribution in [0.3, 0.4) is 0 Å². The molecule has 0 radical (unpaired) electrons. The summed E-state index contributed by atoms with van der Waals surface area (Å²) >= 11 is 0. The highest BCUT2D eigenvalue weighted by molar-refractivity contribution is 5.48. The number of methoxy groups -OCH3 is 1. The first-order valence-corrected chi connectivity index (χ1v) is 6.63. The second-order valence-corrected chi connectivity index (χ2v) is 4.73. The summed E-state index contributed by atoms with van der Waals surface area (Å²) in [7, 11) is 1.57. The second-order valence-electron chi connectivity index (χ2n) is 4.73. The molecule has 1 saturated heterocycles. The third-order valence-electron chi connectivity index (χ3n) is 3.36. The molecule has 106 valence electrons. The van der Waals surface area contributed by atoms with Gasteiger partial charge in [0.25, 0.3) is 0 Å². The first-order valence-electron chi connectivity index (χ1n) is 6.63. The van der Waals surface area contributed by atoms with E-state index in [1.807, 2.05) is 12.1 Å². The average Bonchev–Trinajstić information content (AvgIpc) is 2.43. The molecule has 0 unspecified atom stereocenters. The molecule has 5 nitrogen and oxygen atoms in total. The molecule has 1 fully saturated rings. The molecule has 0 atom stereocenters. The lowest BCUT2D eigenvalue weighted by atomic mass is 10.1. The van der Waals surface area contributed by atoms with E-state index in [0.717, 1.165) is 44.0 Å². The van der Waals surface area contributed by atoms with Gasteiger partial charge in [-0.3, -0.25) is 4.90 Å². The lowest BCUT2D eigenvalue weighted by Crippen LogP contribution is -2.35. The number of phenols is 1. The highest BCUT2D eigenvalue weighted by Crippen LogP contribution is 2.32. The minimum Gasteiger partial charge on any atom is -0.504 e. The molecule has 1 aliphatic heterocycles. The Morgan fingerprint density at radius 1 is 1.37 bits per heavy atom. The molecule has 0 aromatic heterocycles. The lowest BCUT2D eigenvalue weighted by Gasteiger charge is -2.27. The summed E-state index contributed by atoms with van der Waals surface area (Å²) in [5, 5.41) is 10.0. The monoisotopic (exact) mass is 266 g/mol. The summed E-state index contributed by atoms with van der Waals surface area (Å²) in [5.74, 6) is 0.730. The van der Waals surface area contributed by atoms with Crippen LogP contribution in [-0.4, -0.2) is 50.0 Å². The van der Waals surface area contributed by atoms with Crippen molar-refractivity contribution < 1.29 is 14.6 Å². The maximum atomic E-state index is 10.0. The van der Waals surface area contributed by atoms with Crippen molar-refractivity contribution in [3.05, 3.63) is 23.3 Å². The van der Waals surface area contributed by atoms with Crippen molar-refractivity contribution in [1.29, 1.82) is 0 Å². The first kappa shape index (κ1) is 14.1. The van der Waals surface area contributed by atoms with Crippen molar-refractivity contribution in [1.82, 2.24) is 4.90 Å². The van der Waals surface area contributed by atoms with E-state index in [2.05, 4.69) is 4.90 Å². The van der Waals surface area contributed by atoms with Gasteiger partial charge in [0, 0.05) is 19.6 Å². The van der Waals surface area contributed by atoms with E-state index in [0.29, 0.717) is 18.7 Å². The van der Waals surface area contributed by atoms with Crippen LogP contribution in [-0.2, 0) is 17.7 Å². The number of aromatic hydroxyl groups is 1. The Labute approximate surface area is 113 Å². The van der Waals surface area contributed by atoms with E-state index < -0.39 is 0 Å². The molecule has 0 amide bonds. The van der Waals surface area contributed by atoms with Gasteiger partial charge in [-0.25, -0.2) is 0 Å². The molecule has 19 heavy (non-hydrogen) atoms. The van der Waals surface area contributed by atoms with Crippen LogP contribution in [0.25, 0.3) is 0 Å². The molecule has 0 spiro atoms. The molecule has 0 saturated carbocycles. The Bertz CT molecular complexity index is 417.